The van der Waals surface area contributed by atoms with E-state index in [1.54, 1.807) is 6.07 Å². The highest BCUT2D eigenvalue weighted by atomic mass is 32.1. The third kappa shape index (κ3) is 4.60. The van der Waals surface area contributed by atoms with E-state index in [0.29, 0.717) is 24.6 Å². The average Bonchev–Trinajstić information content (AvgIpc) is 3.19. The van der Waals surface area contributed by atoms with Crippen molar-refractivity contribution in [2.45, 2.75) is 6.42 Å². The van der Waals surface area contributed by atoms with Crippen LogP contribution in [0.2, 0.25) is 0 Å². The molecule has 1 N–H and O–H groups in total. The molecule has 0 aliphatic carbocycles. The second-order valence-corrected chi connectivity index (χ2v) is 7.52. The highest BCUT2D eigenvalue weighted by molar-refractivity contribution is 7.08. The fourth-order valence-corrected chi connectivity index (χ4v) is 3.88. The molecule has 2 amide bonds. The lowest BCUT2D eigenvalue weighted by Gasteiger charge is -2.22. The lowest BCUT2D eigenvalue weighted by Crippen LogP contribution is -2.35. The second kappa shape index (κ2) is 8.83. The largest absolute Gasteiger partial charge is 0.353 e. The Morgan fingerprint density at radius 1 is 0.931 bits per heavy atom. The lowest BCUT2D eigenvalue weighted by molar-refractivity contribution is 0.0767. The molecule has 1 saturated heterocycles. The van der Waals surface area contributed by atoms with E-state index in [4.69, 9.17) is 0 Å². The molecule has 3 heterocycles. The first-order valence-corrected chi connectivity index (χ1v) is 10.4. The third-order valence-corrected chi connectivity index (χ3v) is 5.47. The highest BCUT2D eigenvalue weighted by Crippen LogP contribution is 2.16. The van der Waals surface area contributed by atoms with E-state index < -0.39 is 0 Å². The van der Waals surface area contributed by atoms with E-state index in [1.165, 1.54) is 11.3 Å². The van der Waals surface area contributed by atoms with Crippen molar-refractivity contribution >= 4 is 34.7 Å². The number of thiophene rings is 1. The first-order valence-electron chi connectivity index (χ1n) is 9.47. The van der Waals surface area contributed by atoms with Crippen molar-refractivity contribution in [1.82, 2.24) is 15.1 Å². The summed E-state index contributed by atoms with van der Waals surface area (Å²) in [6.07, 6.45) is 0.855. The summed E-state index contributed by atoms with van der Waals surface area (Å²) < 4.78 is 0. The number of carbonyl (C=O) groups is 2. The van der Waals surface area contributed by atoms with Gasteiger partial charge in [0.25, 0.3) is 11.8 Å². The van der Waals surface area contributed by atoms with Gasteiger partial charge in [-0.2, -0.15) is 11.3 Å². The number of nitrogens with zero attached hydrogens (tertiary/aromatic N) is 4. The predicted octanol–water partition coefficient (Wildman–Crippen LogP) is 3.14. The van der Waals surface area contributed by atoms with Gasteiger partial charge in [0.05, 0.1) is 5.56 Å². The Hall–Kier alpha value is -3.26. The number of amides is 2. The Morgan fingerprint density at radius 2 is 1.79 bits per heavy atom. The van der Waals surface area contributed by atoms with Crippen molar-refractivity contribution < 1.29 is 9.59 Å². The monoisotopic (exact) mass is 407 g/mol. The fraction of sp³-hybridized carbons (Fsp3) is 0.238. The van der Waals surface area contributed by atoms with Crippen LogP contribution in [0.1, 0.15) is 27.3 Å². The van der Waals surface area contributed by atoms with Crippen LogP contribution in [0.25, 0.3) is 0 Å². The number of anilines is 2. The summed E-state index contributed by atoms with van der Waals surface area (Å²) in [5.74, 6) is 0.497. The van der Waals surface area contributed by atoms with Gasteiger partial charge in [-0.1, -0.05) is 18.2 Å². The van der Waals surface area contributed by atoms with E-state index in [9.17, 15) is 9.59 Å². The molecule has 0 bridgehead atoms. The molecule has 4 rings (SSSR count). The number of para-hydroxylation sites is 1. The van der Waals surface area contributed by atoms with E-state index in [1.807, 2.05) is 58.1 Å². The molecular formula is C21H21N5O2S. The van der Waals surface area contributed by atoms with E-state index in [-0.39, 0.29) is 17.5 Å². The Bertz CT molecular complexity index is 961. The molecule has 2 aromatic heterocycles. The van der Waals surface area contributed by atoms with Gasteiger partial charge in [0, 0.05) is 37.2 Å². The van der Waals surface area contributed by atoms with Gasteiger partial charge in [-0.15, -0.1) is 10.2 Å². The summed E-state index contributed by atoms with van der Waals surface area (Å²) in [6.45, 7) is 2.82. The van der Waals surface area contributed by atoms with Crippen LogP contribution in [-0.4, -0.2) is 53.1 Å². The molecule has 1 aromatic carbocycles. The van der Waals surface area contributed by atoms with Crippen LogP contribution < -0.4 is 10.2 Å². The number of nitrogens with one attached hydrogen (secondary N) is 1. The minimum atomic E-state index is -0.293. The molecule has 0 saturated carbocycles. The predicted molar refractivity (Wildman–Crippen MR) is 113 cm³/mol. The number of hydrogen-bond acceptors (Lipinski definition) is 6. The Kier molecular flexibility index (Phi) is 5.81. The minimum absolute atomic E-state index is 0.0760. The molecule has 1 aliphatic rings. The van der Waals surface area contributed by atoms with Crippen LogP contribution in [0.4, 0.5) is 11.5 Å². The Balaban J connectivity index is 1.37. The van der Waals surface area contributed by atoms with Gasteiger partial charge in [-0.3, -0.25) is 9.59 Å². The first kappa shape index (κ1) is 19.1. The summed E-state index contributed by atoms with van der Waals surface area (Å²) in [5.41, 5.74) is 1.73. The van der Waals surface area contributed by atoms with Crippen molar-refractivity contribution in [3.8, 4) is 0 Å². The first-order chi connectivity index (χ1) is 14.2. The van der Waals surface area contributed by atoms with Gasteiger partial charge in [-0.05, 0) is 42.1 Å². The van der Waals surface area contributed by atoms with Crippen molar-refractivity contribution in [3.05, 3.63) is 70.5 Å². The van der Waals surface area contributed by atoms with Gasteiger partial charge in [-0.25, -0.2) is 0 Å². The Morgan fingerprint density at radius 3 is 2.52 bits per heavy atom. The molecule has 1 fully saturated rings. The topological polar surface area (TPSA) is 78.4 Å². The van der Waals surface area contributed by atoms with Gasteiger partial charge < -0.3 is 15.1 Å². The second-order valence-electron chi connectivity index (χ2n) is 6.74. The molecule has 0 atom stereocenters. The number of rotatable bonds is 4. The fourth-order valence-electron chi connectivity index (χ4n) is 3.25. The van der Waals surface area contributed by atoms with Gasteiger partial charge in [0.2, 0.25) is 0 Å². The lowest BCUT2D eigenvalue weighted by atomic mass is 10.3. The zero-order valence-electron chi connectivity index (χ0n) is 15.8. The van der Waals surface area contributed by atoms with Crippen LogP contribution >= 0.6 is 11.3 Å². The van der Waals surface area contributed by atoms with E-state index in [2.05, 4.69) is 20.4 Å². The van der Waals surface area contributed by atoms with E-state index >= 15 is 0 Å². The van der Waals surface area contributed by atoms with Gasteiger partial charge >= 0.3 is 0 Å². The average molecular weight is 407 g/mol. The number of carbonyl (C=O) groups excluding carboxylic acids is 2. The maximum atomic E-state index is 12.6. The van der Waals surface area contributed by atoms with Gasteiger partial charge in [0.1, 0.15) is 0 Å². The van der Waals surface area contributed by atoms with Crippen LogP contribution in [0.15, 0.2) is 59.3 Å². The molecule has 8 heteroatoms. The Labute approximate surface area is 173 Å². The highest BCUT2D eigenvalue weighted by Gasteiger charge is 2.21. The standard InChI is InChI=1S/C21H21N5O2S/c27-20(22-17-5-2-1-3-6-17)18-7-8-19(24-23-18)25-10-4-11-26(13-12-25)21(28)16-9-14-29-15-16/h1-3,5-9,14-15H,4,10-13H2,(H,22,27). The zero-order valence-corrected chi connectivity index (χ0v) is 16.6. The van der Waals surface area contributed by atoms with Crippen molar-refractivity contribution in [2.24, 2.45) is 0 Å². The molecular weight excluding hydrogens is 386 g/mol. The molecule has 29 heavy (non-hydrogen) atoms. The van der Waals surface area contributed by atoms with Crippen molar-refractivity contribution in [1.29, 1.82) is 0 Å². The zero-order chi connectivity index (χ0) is 20.1. The van der Waals surface area contributed by atoms with Crippen molar-refractivity contribution in [2.75, 3.05) is 36.4 Å². The molecule has 0 spiro atoms. The summed E-state index contributed by atoms with van der Waals surface area (Å²) in [7, 11) is 0. The quantitative estimate of drug-likeness (QED) is 0.719. The van der Waals surface area contributed by atoms with Crippen LogP contribution in [0.3, 0.4) is 0 Å². The SMILES string of the molecule is O=C(Nc1ccccc1)c1ccc(N2CCCN(C(=O)c3ccsc3)CC2)nn1. The number of hydrogen-bond donors (Lipinski definition) is 1. The summed E-state index contributed by atoms with van der Waals surface area (Å²) >= 11 is 1.53. The number of aromatic nitrogens is 2. The van der Waals surface area contributed by atoms with Crippen LogP contribution in [-0.2, 0) is 0 Å². The molecule has 148 valence electrons. The smallest absolute Gasteiger partial charge is 0.276 e. The maximum absolute atomic E-state index is 12.6. The summed E-state index contributed by atoms with van der Waals surface area (Å²) in [4.78, 5) is 28.9. The van der Waals surface area contributed by atoms with Gasteiger partial charge in [0.15, 0.2) is 11.5 Å². The molecule has 1 aliphatic heterocycles. The van der Waals surface area contributed by atoms with Crippen molar-refractivity contribution in [3.63, 3.8) is 0 Å². The normalized spacial score (nSPS) is 14.3. The number of benzene rings is 1. The van der Waals surface area contributed by atoms with E-state index in [0.717, 1.165) is 25.1 Å². The summed E-state index contributed by atoms with van der Waals surface area (Å²) in [6, 6.07) is 14.6. The molecule has 7 nitrogen and oxygen atoms in total. The third-order valence-electron chi connectivity index (χ3n) is 4.79. The van der Waals surface area contributed by atoms with Crippen LogP contribution in [0, 0.1) is 0 Å². The summed E-state index contributed by atoms with van der Waals surface area (Å²) in [5, 5.41) is 14.9. The molecule has 3 aromatic rings. The minimum Gasteiger partial charge on any atom is -0.353 e. The molecule has 0 unspecified atom stereocenters. The maximum Gasteiger partial charge on any atom is 0.276 e. The van der Waals surface area contributed by atoms with Crippen LogP contribution in [0.5, 0.6) is 0 Å². The molecule has 0 radical (unpaired) electrons.